The predicted octanol–water partition coefficient (Wildman–Crippen LogP) is 3.01. The molecule has 0 aromatic heterocycles. The maximum absolute atomic E-state index is 6.02. The van der Waals surface area contributed by atoms with Crippen LogP contribution in [-0.4, -0.2) is 37.7 Å². The van der Waals surface area contributed by atoms with Crippen molar-refractivity contribution in [3.63, 3.8) is 0 Å². The minimum absolute atomic E-state index is 0.225. The van der Waals surface area contributed by atoms with E-state index >= 15 is 0 Å². The fraction of sp³-hybridized carbons (Fsp3) is 0.600. The zero-order valence-electron chi connectivity index (χ0n) is 12.2. The Morgan fingerprint density at radius 2 is 2.11 bits per heavy atom. The zero-order valence-corrected chi connectivity index (χ0v) is 12.9. The molecule has 1 aromatic rings. The van der Waals surface area contributed by atoms with Gasteiger partial charge in [0, 0.05) is 30.8 Å². The van der Waals surface area contributed by atoms with Gasteiger partial charge in [0.05, 0.1) is 6.61 Å². The number of rotatable bonds is 8. The summed E-state index contributed by atoms with van der Waals surface area (Å²) in [5.74, 6) is 0. The molecule has 1 rings (SSSR count). The van der Waals surface area contributed by atoms with Crippen molar-refractivity contribution in [2.45, 2.75) is 26.8 Å². The van der Waals surface area contributed by atoms with Crippen LogP contribution in [0.3, 0.4) is 0 Å². The smallest absolute Gasteiger partial charge is 0.0593 e. The first-order valence-electron chi connectivity index (χ1n) is 6.91. The van der Waals surface area contributed by atoms with E-state index in [9.17, 15) is 0 Å². The molecule has 0 fully saturated rings. The van der Waals surface area contributed by atoms with Crippen LogP contribution in [0.25, 0.3) is 0 Å². The van der Waals surface area contributed by atoms with E-state index in [1.165, 1.54) is 11.1 Å². The van der Waals surface area contributed by atoms with Gasteiger partial charge in [-0.1, -0.05) is 24.6 Å². The second-order valence-electron chi connectivity index (χ2n) is 4.58. The van der Waals surface area contributed by atoms with Crippen LogP contribution in [0, 0.1) is 6.92 Å². The van der Waals surface area contributed by atoms with Crippen molar-refractivity contribution in [2.24, 2.45) is 5.73 Å². The van der Waals surface area contributed by atoms with Gasteiger partial charge in [-0.15, -0.1) is 0 Å². The van der Waals surface area contributed by atoms with Crippen molar-refractivity contribution < 1.29 is 4.74 Å². The molecule has 0 saturated heterocycles. The van der Waals surface area contributed by atoms with Crippen LogP contribution in [0.2, 0.25) is 5.02 Å². The van der Waals surface area contributed by atoms with Crippen LogP contribution in [0.1, 0.15) is 31.0 Å². The lowest BCUT2D eigenvalue weighted by molar-refractivity contribution is 0.0979. The first kappa shape index (κ1) is 16.4. The summed E-state index contributed by atoms with van der Waals surface area (Å²) in [7, 11) is 0. The molecule has 0 saturated carbocycles. The number of nitrogens with zero attached hydrogens (tertiary/aromatic N) is 1. The van der Waals surface area contributed by atoms with E-state index in [1.807, 2.05) is 19.1 Å². The highest BCUT2D eigenvalue weighted by atomic mass is 35.5. The lowest BCUT2D eigenvalue weighted by atomic mass is 10.00. The summed E-state index contributed by atoms with van der Waals surface area (Å²) < 4.78 is 5.44. The summed E-state index contributed by atoms with van der Waals surface area (Å²) in [5.41, 5.74) is 8.42. The molecule has 2 N–H and O–H groups in total. The Bertz CT molecular complexity index is 384. The molecule has 0 aliphatic heterocycles. The van der Waals surface area contributed by atoms with E-state index in [1.54, 1.807) is 0 Å². The summed E-state index contributed by atoms with van der Waals surface area (Å²) in [4.78, 5) is 2.35. The molecular weight excluding hydrogens is 260 g/mol. The van der Waals surface area contributed by atoms with E-state index in [4.69, 9.17) is 22.1 Å². The topological polar surface area (TPSA) is 38.5 Å². The Morgan fingerprint density at radius 1 is 1.37 bits per heavy atom. The molecule has 1 unspecified atom stereocenters. The molecule has 0 heterocycles. The molecule has 0 aliphatic rings. The predicted molar refractivity (Wildman–Crippen MR) is 81.7 cm³/mol. The highest BCUT2D eigenvalue weighted by molar-refractivity contribution is 6.30. The molecule has 3 nitrogen and oxygen atoms in total. The fourth-order valence-corrected chi connectivity index (χ4v) is 2.57. The Balaban J connectivity index is 2.84. The molecule has 0 bridgehead atoms. The van der Waals surface area contributed by atoms with Gasteiger partial charge < -0.3 is 10.5 Å². The Hall–Kier alpha value is -0.610. The molecule has 1 atom stereocenters. The average Bonchev–Trinajstić information content (AvgIpc) is 2.39. The van der Waals surface area contributed by atoms with Crippen molar-refractivity contribution in [3.05, 3.63) is 34.3 Å². The summed E-state index contributed by atoms with van der Waals surface area (Å²) in [5, 5.41) is 0.773. The molecule has 4 heteroatoms. The van der Waals surface area contributed by atoms with E-state index in [0.29, 0.717) is 6.54 Å². The zero-order chi connectivity index (χ0) is 14.3. The van der Waals surface area contributed by atoms with Gasteiger partial charge in [-0.2, -0.15) is 0 Å². The monoisotopic (exact) mass is 284 g/mol. The van der Waals surface area contributed by atoms with Gasteiger partial charge in [0.2, 0.25) is 0 Å². The lowest BCUT2D eigenvalue weighted by Crippen LogP contribution is -2.36. The van der Waals surface area contributed by atoms with Crippen LogP contribution < -0.4 is 5.73 Å². The SMILES string of the molecule is CCOCCN(CC)C(CN)c1ccc(Cl)cc1C. The van der Waals surface area contributed by atoms with Gasteiger partial charge in [-0.05, 0) is 43.7 Å². The van der Waals surface area contributed by atoms with Crippen molar-refractivity contribution in [3.8, 4) is 0 Å². The minimum atomic E-state index is 0.225. The van der Waals surface area contributed by atoms with Gasteiger partial charge in [0.25, 0.3) is 0 Å². The van der Waals surface area contributed by atoms with E-state index < -0.39 is 0 Å². The molecule has 0 radical (unpaired) electrons. The van der Waals surface area contributed by atoms with Gasteiger partial charge in [-0.3, -0.25) is 4.90 Å². The maximum Gasteiger partial charge on any atom is 0.0593 e. The van der Waals surface area contributed by atoms with Crippen LogP contribution in [-0.2, 0) is 4.74 Å². The Morgan fingerprint density at radius 3 is 2.63 bits per heavy atom. The van der Waals surface area contributed by atoms with E-state index in [-0.39, 0.29) is 6.04 Å². The first-order chi connectivity index (χ1) is 9.13. The van der Waals surface area contributed by atoms with Gasteiger partial charge in [-0.25, -0.2) is 0 Å². The van der Waals surface area contributed by atoms with Gasteiger partial charge in [0.15, 0.2) is 0 Å². The van der Waals surface area contributed by atoms with Crippen LogP contribution >= 0.6 is 11.6 Å². The fourth-order valence-electron chi connectivity index (χ4n) is 2.35. The molecule has 0 aliphatic carbocycles. The number of benzene rings is 1. The number of aryl methyl sites for hydroxylation is 1. The van der Waals surface area contributed by atoms with Crippen molar-refractivity contribution in [1.82, 2.24) is 4.90 Å². The molecule has 0 amide bonds. The Kier molecular flexibility index (Phi) is 7.39. The van der Waals surface area contributed by atoms with Crippen LogP contribution in [0.4, 0.5) is 0 Å². The average molecular weight is 285 g/mol. The van der Waals surface area contributed by atoms with E-state index in [0.717, 1.165) is 31.3 Å². The third-order valence-electron chi connectivity index (χ3n) is 3.39. The first-order valence-corrected chi connectivity index (χ1v) is 7.29. The normalized spacial score (nSPS) is 12.9. The summed E-state index contributed by atoms with van der Waals surface area (Å²) in [6, 6.07) is 6.24. The quantitative estimate of drug-likeness (QED) is 0.746. The number of likely N-dealkylation sites (N-methyl/N-ethyl adjacent to an activating group) is 1. The largest absolute Gasteiger partial charge is 0.380 e. The van der Waals surface area contributed by atoms with Gasteiger partial charge >= 0.3 is 0 Å². The number of nitrogens with two attached hydrogens (primary N) is 1. The number of hydrogen-bond acceptors (Lipinski definition) is 3. The lowest BCUT2D eigenvalue weighted by Gasteiger charge is -2.31. The molecule has 19 heavy (non-hydrogen) atoms. The summed E-state index contributed by atoms with van der Waals surface area (Å²) in [6.07, 6.45) is 0. The third-order valence-corrected chi connectivity index (χ3v) is 3.62. The third kappa shape index (κ3) is 4.77. The molecular formula is C15H25ClN2O. The number of ether oxygens (including phenoxy) is 1. The number of hydrogen-bond donors (Lipinski definition) is 1. The highest BCUT2D eigenvalue weighted by Gasteiger charge is 2.19. The summed E-state index contributed by atoms with van der Waals surface area (Å²) in [6.45, 7) is 10.2. The molecule has 108 valence electrons. The standard InChI is InChI=1S/C15H25ClN2O/c1-4-18(8-9-19-5-2)15(11-17)14-7-6-13(16)10-12(14)3/h6-7,10,15H,4-5,8-9,11,17H2,1-3H3. The van der Waals surface area contributed by atoms with E-state index in [2.05, 4.69) is 24.8 Å². The van der Waals surface area contributed by atoms with Gasteiger partial charge in [0.1, 0.15) is 0 Å². The minimum Gasteiger partial charge on any atom is -0.380 e. The van der Waals surface area contributed by atoms with Crippen LogP contribution in [0.15, 0.2) is 18.2 Å². The van der Waals surface area contributed by atoms with Crippen molar-refractivity contribution >= 4 is 11.6 Å². The van der Waals surface area contributed by atoms with Crippen molar-refractivity contribution in [2.75, 3.05) is 32.8 Å². The number of halogens is 1. The second-order valence-corrected chi connectivity index (χ2v) is 5.01. The second kappa shape index (κ2) is 8.54. The molecule has 1 aromatic carbocycles. The highest BCUT2D eigenvalue weighted by Crippen LogP contribution is 2.25. The maximum atomic E-state index is 6.02. The summed E-state index contributed by atoms with van der Waals surface area (Å²) >= 11 is 6.02. The van der Waals surface area contributed by atoms with Crippen LogP contribution in [0.5, 0.6) is 0 Å². The molecule has 0 spiro atoms. The Labute approximate surface area is 121 Å². The van der Waals surface area contributed by atoms with Crippen molar-refractivity contribution in [1.29, 1.82) is 0 Å².